The molecular weight excluding hydrogens is 232 g/mol. The fourth-order valence-corrected chi connectivity index (χ4v) is 2.31. The van der Waals surface area contributed by atoms with Crippen molar-refractivity contribution in [1.29, 1.82) is 0 Å². The first-order chi connectivity index (χ1) is 8.54. The van der Waals surface area contributed by atoms with Gasteiger partial charge in [0.25, 0.3) is 0 Å². The molecular formula is C13H24N2O3. The Bertz CT molecular complexity index is 288. The zero-order valence-electron chi connectivity index (χ0n) is 11.6. The van der Waals surface area contributed by atoms with Gasteiger partial charge in [-0.05, 0) is 37.8 Å². The minimum absolute atomic E-state index is 0.0125. The number of carbonyl (C=O) groups excluding carboxylic acids is 2. The highest BCUT2D eigenvalue weighted by molar-refractivity contribution is 5.81. The lowest BCUT2D eigenvalue weighted by atomic mass is 9.85. The molecule has 1 aliphatic heterocycles. The van der Waals surface area contributed by atoms with E-state index in [0.29, 0.717) is 18.3 Å². The maximum absolute atomic E-state index is 11.9. The first-order valence-electron chi connectivity index (χ1n) is 6.56. The Balaban J connectivity index is 2.35. The van der Waals surface area contributed by atoms with E-state index >= 15 is 0 Å². The van der Waals surface area contributed by atoms with Gasteiger partial charge in [0.05, 0.1) is 7.11 Å². The number of methoxy groups -OCH3 is 1. The van der Waals surface area contributed by atoms with Crippen molar-refractivity contribution in [2.24, 2.45) is 11.8 Å². The van der Waals surface area contributed by atoms with Gasteiger partial charge in [-0.2, -0.15) is 0 Å². The predicted molar refractivity (Wildman–Crippen MR) is 69.0 cm³/mol. The molecule has 2 atom stereocenters. The topological polar surface area (TPSA) is 58.6 Å². The largest absolute Gasteiger partial charge is 0.468 e. The van der Waals surface area contributed by atoms with Gasteiger partial charge < -0.3 is 15.0 Å². The molecule has 5 heteroatoms. The molecule has 0 bridgehead atoms. The van der Waals surface area contributed by atoms with Crippen molar-refractivity contribution in [3.05, 3.63) is 0 Å². The second-order valence-electron chi connectivity index (χ2n) is 5.11. The second kappa shape index (κ2) is 7.36. The number of esters is 1. The number of piperidine rings is 1. The third kappa shape index (κ3) is 4.64. The molecule has 1 fully saturated rings. The molecule has 1 aliphatic rings. The summed E-state index contributed by atoms with van der Waals surface area (Å²) in [6.45, 7) is 4.22. The minimum atomic E-state index is -0.377. The van der Waals surface area contributed by atoms with Crippen LogP contribution in [0.2, 0.25) is 0 Å². The van der Waals surface area contributed by atoms with Crippen LogP contribution in [0.5, 0.6) is 0 Å². The lowest BCUT2D eigenvalue weighted by Gasteiger charge is -2.29. The minimum Gasteiger partial charge on any atom is -0.468 e. The third-order valence-electron chi connectivity index (χ3n) is 3.66. The van der Waals surface area contributed by atoms with Crippen LogP contribution in [-0.4, -0.2) is 50.6 Å². The average molecular weight is 256 g/mol. The number of nitrogens with one attached hydrogen (secondary N) is 1. The molecule has 5 nitrogen and oxygen atoms in total. The van der Waals surface area contributed by atoms with Crippen LogP contribution in [0, 0.1) is 11.8 Å². The molecule has 0 aromatic rings. The van der Waals surface area contributed by atoms with Crippen LogP contribution in [0.1, 0.15) is 26.2 Å². The highest BCUT2D eigenvalue weighted by Gasteiger charge is 2.23. The SMILES string of the molecule is COC(=O)CN(C)C(=O)CC(C)C1CCCNC1. The quantitative estimate of drug-likeness (QED) is 0.734. The van der Waals surface area contributed by atoms with E-state index in [1.165, 1.54) is 24.9 Å². The Labute approximate surface area is 109 Å². The van der Waals surface area contributed by atoms with Crippen LogP contribution in [0.15, 0.2) is 0 Å². The molecule has 1 rings (SSSR count). The van der Waals surface area contributed by atoms with Gasteiger partial charge in [-0.3, -0.25) is 9.59 Å². The lowest BCUT2D eigenvalue weighted by molar-refractivity contribution is -0.146. The average Bonchev–Trinajstić information content (AvgIpc) is 2.39. The third-order valence-corrected chi connectivity index (χ3v) is 3.66. The van der Waals surface area contributed by atoms with E-state index in [-0.39, 0.29) is 18.4 Å². The van der Waals surface area contributed by atoms with E-state index < -0.39 is 0 Å². The molecule has 18 heavy (non-hydrogen) atoms. The molecule has 1 amide bonds. The fourth-order valence-electron chi connectivity index (χ4n) is 2.31. The number of nitrogens with zero attached hydrogens (tertiary/aromatic N) is 1. The zero-order valence-corrected chi connectivity index (χ0v) is 11.6. The fraction of sp³-hybridized carbons (Fsp3) is 0.846. The van der Waals surface area contributed by atoms with Gasteiger partial charge in [-0.1, -0.05) is 6.92 Å². The van der Waals surface area contributed by atoms with Gasteiger partial charge in [0.2, 0.25) is 5.91 Å². The molecule has 0 spiro atoms. The van der Waals surface area contributed by atoms with E-state index in [9.17, 15) is 9.59 Å². The van der Waals surface area contributed by atoms with E-state index in [0.717, 1.165) is 13.1 Å². The Morgan fingerprint density at radius 3 is 2.78 bits per heavy atom. The van der Waals surface area contributed by atoms with Gasteiger partial charge in [0.1, 0.15) is 6.54 Å². The first-order valence-corrected chi connectivity index (χ1v) is 6.56. The summed E-state index contributed by atoms with van der Waals surface area (Å²) in [6.07, 6.45) is 2.86. The number of hydrogen-bond acceptors (Lipinski definition) is 4. The Kier molecular flexibility index (Phi) is 6.12. The Morgan fingerprint density at radius 1 is 1.50 bits per heavy atom. The lowest BCUT2D eigenvalue weighted by Crippen LogP contribution is -2.37. The molecule has 1 heterocycles. The Hall–Kier alpha value is -1.10. The Morgan fingerprint density at radius 2 is 2.22 bits per heavy atom. The molecule has 1 N–H and O–H groups in total. The summed E-state index contributed by atoms with van der Waals surface area (Å²) in [5.74, 6) is 0.552. The van der Waals surface area contributed by atoms with Gasteiger partial charge in [-0.15, -0.1) is 0 Å². The monoisotopic (exact) mass is 256 g/mol. The molecule has 0 saturated carbocycles. The maximum Gasteiger partial charge on any atom is 0.325 e. The summed E-state index contributed by atoms with van der Waals surface area (Å²) >= 11 is 0. The number of hydrogen-bond donors (Lipinski definition) is 1. The van der Waals surface area contributed by atoms with E-state index in [4.69, 9.17) is 0 Å². The summed E-state index contributed by atoms with van der Waals surface area (Å²) in [6, 6.07) is 0. The highest BCUT2D eigenvalue weighted by Crippen LogP contribution is 2.22. The van der Waals surface area contributed by atoms with Crippen LogP contribution in [0.3, 0.4) is 0 Å². The summed E-state index contributed by atoms with van der Waals surface area (Å²) < 4.78 is 4.55. The molecule has 0 aromatic carbocycles. The molecule has 2 unspecified atom stereocenters. The zero-order chi connectivity index (χ0) is 13.5. The number of amides is 1. The van der Waals surface area contributed by atoms with Crippen LogP contribution in [0.25, 0.3) is 0 Å². The number of rotatable bonds is 5. The van der Waals surface area contributed by atoms with Crippen molar-refractivity contribution >= 4 is 11.9 Å². The van der Waals surface area contributed by atoms with Gasteiger partial charge >= 0.3 is 5.97 Å². The number of likely N-dealkylation sites (N-methyl/N-ethyl adjacent to an activating group) is 1. The van der Waals surface area contributed by atoms with E-state index in [2.05, 4.69) is 17.0 Å². The van der Waals surface area contributed by atoms with Gasteiger partial charge in [0.15, 0.2) is 0 Å². The van der Waals surface area contributed by atoms with Crippen LogP contribution >= 0.6 is 0 Å². The van der Waals surface area contributed by atoms with Gasteiger partial charge in [-0.25, -0.2) is 0 Å². The molecule has 0 radical (unpaired) electrons. The van der Waals surface area contributed by atoms with Crippen LogP contribution in [-0.2, 0) is 14.3 Å². The van der Waals surface area contributed by atoms with Crippen molar-refractivity contribution in [3.63, 3.8) is 0 Å². The second-order valence-corrected chi connectivity index (χ2v) is 5.11. The normalized spacial score (nSPS) is 21.2. The van der Waals surface area contributed by atoms with Crippen molar-refractivity contribution in [2.75, 3.05) is 33.8 Å². The molecule has 1 saturated heterocycles. The van der Waals surface area contributed by atoms with Crippen molar-refractivity contribution in [2.45, 2.75) is 26.2 Å². The predicted octanol–water partition coefficient (Wildman–Crippen LogP) is 0.644. The van der Waals surface area contributed by atoms with E-state index in [1.54, 1.807) is 7.05 Å². The van der Waals surface area contributed by atoms with Crippen molar-refractivity contribution in [3.8, 4) is 0 Å². The summed E-state index contributed by atoms with van der Waals surface area (Å²) in [5, 5.41) is 3.36. The van der Waals surface area contributed by atoms with Crippen molar-refractivity contribution < 1.29 is 14.3 Å². The molecule has 0 aromatic heterocycles. The van der Waals surface area contributed by atoms with Crippen LogP contribution in [0.4, 0.5) is 0 Å². The van der Waals surface area contributed by atoms with Gasteiger partial charge in [0, 0.05) is 13.5 Å². The van der Waals surface area contributed by atoms with E-state index in [1.807, 2.05) is 0 Å². The smallest absolute Gasteiger partial charge is 0.325 e. The highest BCUT2D eigenvalue weighted by atomic mass is 16.5. The maximum atomic E-state index is 11.9. The molecule has 104 valence electrons. The summed E-state index contributed by atoms with van der Waals surface area (Å²) in [4.78, 5) is 24.5. The number of ether oxygens (including phenoxy) is 1. The van der Waals surface area contributed by atoms with Crippen molar-refractivity contribution in [1.82, 2.24) is 10.2 Å². The first kappa shape index (κ1) is 15.0. The van der Waals surface area contributed by atoms with Crippen LogP contribution < -0.4 is 5.32 Å². The summed E-state index contributed by atoms with van der Waals surface area (Å²) in [7, 11) is 2.97. The molecule has 0 aliphatic carbocycles. The summed E-state index contributed by atoms with van der Waals surface area (Å²) in [5.41, 5.74) is 0. The number of carbonyl (C=O) groups is 2. The standard InChI is InChI=1S/C13H24N2O3/c1-10(11-5-4-6-14-8-11)7-12(16)15(2)9-13(17)18-3/h10-11,14H,4-9H2,1-3H3.